The minimum absolute atomic E-state index is 0.0290. The van der Waals surface area contributed by atoms with Crippen molar-refractivity contribution in [1.29, 1.82) is 0 Å². The summed E-state index contributed by atoms with van der Waals surface area (Å²) in [5.41, 5.74) is 0. The zero-order valence-corrected chi connectivity index (χ0v) is 12.4. The van der Waals surface area contributed by atoms with Gasteiger partial charge in [0.1, 0.15) is 6.04 Å². The molecule has 0 bridgehead atoms. The molecule has 7 heteroatoms. The molecule has 2 aliphatic rings. The normalized spacial score (nSPS) is 24.0. The Labute approximate surface area is 123 Å². The Balaban J connectivity index is 1.86. The first-order valence-corrected chi connectivity index (χ1v) is 7.68. The van der Waals surface area contributed by atoms with E-state index in [4.69, 9.17) is 0 Å². The summed E-state index contributed by atoms with van der Waals surface area (Å²) in [6.45, 7) is 1.71. The number of carbonyl (C=O) groups is 1. The summed E-state index contributed by atoms with van der Waals surface area (Å²) in [4.78, 5) is 14.0. The van der Waals surface area contributed by atoms with Crippen LogP contribution >= 0.6 is 0 Å². The van der Waals surface area contributed by atoms with E-state index in [9.17, 15) is 18.0 Å². The molecule has 2 N–H and O–H groups in total. The highest BCUT2D eigenvalue weighted by Crippen LogP contribution is 2.35. The lowest BCUT2D eigenvalue weighted by atomic mass is 9.97. The number of hydrogen-bond donors (Lipinski definition) is 2. The van der Waals surface area contributed by atoms with E-state index in [0.717, 1.165) is 38.8 Å². The van der Waals surface area contributed by atoms with Crippen LogP contribution in [0.25, 0.3) is 0 Å². The molecule has 1 heterocycles. The van der Waals surface area contributed by atoms with Crippen LogP contribution < -0.4 is 10.6 Å². The zero-order valence-electron chi connectivity index (χ0n) is 12.4. The number of nitrogens with one attached hydrogen (secondary N) is 2. The highest BCUT2D eigenvalue weighted by molar-refractivity contribution is 5.74. The van der Waals surface area contributed by atoms with Crippen LogP contribution in [0.2, 0.25) is 0 Å². The molecular formula is C14H24F3N3O. The van der Waals surface area contributed by atoms with Gasteiger partial charge in [0.15, 0.2) is 0 Å². The third-order valence-corrected chi connectivity index (χ3v) is 4.56. The number of alkyl halides is 3. The third kappa shape index (κ3) is 4.76. The van der Waals surface area contributed by atoms with Crippen molar-refractivity contribution in [3.63, 3.8) is 0 Å². The number of amides is 2. The average molecular weight is 307 g/mol. The van der Waals surface area contributed by atoms with Crippen LogP contribution in [0.5, 0.6) is 0 Å². The van der Waals surface area contributed by atoms with Gasteiger partial charge in [-0.25, -0.2) is 4.79 Å². The molecule has 0 radical (unpaired) electrons. The van der Waals surface area contributed by atoms with Gasteiger partial charge >= 0.3 is 12.2 Å². The molecule has 1 aliphatic carbocycles. The molecule has 0 spiro atoms. The Morgan fingerprint density at radius 3 is 2.24 bits per heavy atom. The summed E-state index contributed by atoms with van der Waals surface area (Å²) in [5.74, 6) is -0.478. The molecule has 2 rings (SSSR count). The average Bonchev–Trinajstić information content (AvgIpc) is 2.91. The molecule has 21 heavy (non-hydrogen) atoms. The molecule has 1 aliphatic heterocycles. The van der Waals surface area contributed by atoms with Crippen LogP contribution in [0.15, 0.2) is 0 Å². The molecule has 1 unspecified atom stereocenters. The lowest BCUT2D eigenvalue weighted by molar-refractivity contribution is -0.164. The topological polar surface area (TPSA) is 44.4 Å². The van der Waals surface area contributed by atoms with E-state index in [1.165, 1.54) is 0 Å². The van der Waals surface area contributed by atoms with Gasteiger partial charge in [-0.2, -0.15) is 13.2 Å². The summed E-state index contributed by atoms with van der Waals surface area (Å²) in [5, 5.41) is 4.86. The monoisotopic (exact) mass is 307 g/mol. The lowest BCUT2D eigenvalue weighted by Crippen LogP contribution is -2.55. The molecule has 2 amide bonds. The Hall–Kier alpha value is -0.980. The number of nitrogens with zero attached hydrogens (tertiary/aromatic N) is 1. The SMILES string of the molecule is CN1CCC(NC(=O)NC(C2CCCC2)C(F)(F)F)CC1. The first-order chi connectivity index (χ1) is 9.86. The summed E-state index contributed by atoms with van der Waals surface area (Å²) >= 11 is 0. The van der Waals surface area contributed by atoms with E-state index in [2.05, 4.69) is 15.5 Å². The van der Waals surface area contributed by atoms with Gasteiger partial charge < -0.3 is 15.5 Å². The lowest BCUT2D eigenvalue weighted by Gasteiger charge is -2.31. The Morgan fingerprint density at radius 2 is 1.71 bits per heavy atom. The van der Waals surface area contributed by atoms with E-state index in [1.807, 2.05) is 7.05 Å². The smallest absolute Gasteiger partial charge is 0.335 e. The summed E-state index contributed by atoms with van der Waals surface area (Å²) < 4.78 is 39.3. The van der Waals surface area contributed by atoms with Gasteiger partial charge in [-0.3, -0.25) is 0 Å². The number of halogens is 3. The van der Waals surface area contributed by atoms with Crippen molar-refractivity contribution in [3.8, 4) is 0 Å². The van der Waals surface area contributed by atoms with E-state index < -0.39 is 24.2 Å². The van der Waals surface area contributed by atoms with Crippen LogP contribution in [0, 0.1) is 5.92 Å². The standard InChI is InChI=1S/C14H24F3N3O/c1-20-8-6-11(7-9-20)18-13(21)19-12(14(15,16)17)10-4-2-3-5-10/h10-12H,2-9H2,1H3,(H2,18,19,21). The first-order valence-electron chi connectivity index (χ1n) is 7.68. The molecule has 0 aromatic carbocycles. The van der Waals surface area contributed by atoms with Crippen LogP contribution in [0.1, 0.15) is 38.5 Å². The van der Waals surface area contributed by atoms with Gasteiger partial charge in [-0.05, 0) is 51.7 Å². The van der Waals surface area contributed by atoms with Crippen molar-refractivity contribution in [2.24, 2.45) is 5.92 Å². The predicted molar refractivity (Wildman–Crippen MR) is 74.0 cm³/mol. The number of carbonyl (C=O) groups excluding carboxylic acids is 1. The van der Waals surface area contributed by atoms with Crippen molar-refractivity contribution in [3.05, 3.63) is 0 Å². The van der Waals surface area contributed by atoms with Crippen LogP contribution in [-0.2, 0) is 0 Å². The molecule has 2 fully saturated rings. The number of hydrogen-bond acceptors (Lipinski definition) is 2. The molecule has 1 atom stereocenters. The molecule has 122 valence electrons. The molecule has 1 saturated heterocycles. The first kappa shape index (κ1) is 16.4. The quantitative estimate of drug-likeness (QED) is 0.841. The predicted octanol–water partition coefficient (Wildman–Crippen LogP) is 2.50. The second kappa shape index (κ2) is 6.85. The fraction of sp³-hybridized carbons (Fsp3) is 0.929. The van der Waals surface area contributed by atoms with E-state index in [1.54, 1.807) is 0 Å². The van der Waals surface area contributed by atoms with Gasteiger partial charge in [0, 0.05) is 6.04 Å². The van der Waals surface area contributed by atoms with Crippen LogP contribution in [0.4, 0.5) is 18.0 Å². The summed E-state index contributed by atoms with van der Waals surface area (Å²) in [6, 6.07) is -2.43. The number of urea groups is 1. The highest BCUT2D eigenvalue weighted by Gasteiger charge is 2.46. The fourth-order valence-corrected chi connectivity index (χ4v) is 3.28. The Kier molecular flexibility index (Phi) is 5.35. The number of likely N-dealkylation sites (tertiary alicyclic amines) is 1. The second-order valence-electron chi connectivity index (χ2n) is 6.26. The van der Waals surface area contributed by atoms with E-state index in [0.29, 0.717) is 12.8 Å². The van der Waals surface area contributed by atoms with Gasteiger partial charge in [-0.15, -0.1) is 0 Å². The van der Waals surface area contributed by atoms with E-state index >= 15 is 0 Å². The van der Waals surface area contributed by atoms with Gasteiger partial charge in [0.25, 0.3) is 0 Å². The van der Waals surface area contributed by atoms with Crippen LogP contribution in [-0.4, -0.2) is 49.3 Å². The number of piperidine rings is 1. The maximum atomic E-state index is 13.1. The van der Waals surface area contributed by atoms with Gasteiger partial charge in [0.2, 0.25) is 0 Å². The maximum absolute atomic E-state index is 13.1. The maximum Gasteiger partial charge on any atom is 0.408 e. The molecule has 1 saturated carbocycles. The molecular weight excluding hydrogens is 283 g/mol. The second-order valence-corrected chi connectivity index (χ2v) is 6.26. The Morgan fingerprint density at radius 1 is 1.14 bits per heavy atom. The van der Waals surface area contributed by atoms with Crippen molar-refractivity contribution in [2.45, 2.75) is 56.8 Å². The largest absolute Gasteiger partial charge is 0.408 e. The van der Waals surface area contributed by atoms with Gasteiger partial charge in [-0.1, -0.05) is 12.8 Å². The van der Waals surface area contributed by atoms with Crippen molar-refractivity contribution >= 4 is 6.03 Å². The highest BCUT2D eigenvalue weighted by atomic mass is 19.4. The minimum Gasteiger partial charge on any atom is -0.335 e. The summed E-state index contributed by atoms with van der Waals surface area (Å²) in [7, 11) is 2.00. The Bertz CT molecular complexity index is 348. The van der Waals surface area contributed by atoms with E-state index in [-0.39, 0.29) is 6.04 Å². The molecule has 0 aromatic rings. The minimum atomic E-state index is -4.38. The van der Waals surface area contributed by atoms with Gasteiger partial charge in [0.05, 0.1) is 0 Å². The molecule has 0 aromatic heterocycles. The summed E-state index contributed by atoms with van der Waals surface area (Å²) in [6.07, 6.45) is -0.102. The van der Waals surface area contributed by atoms with Crippen molar-refractivity contribution in [2.75, 3.05) is 20.1 Å². The number of rotatable bonds is 3. The van der Waals surface area contributed by atoms with Crippen molar-refractivity contribution < 1.29 is 18.0 Å². The van der Waals surface area contributed by atoms with Crippen molar-refractivity contribution in [1.82, 2.24) is 15.5 Å². The fourth-order valence-electron chi connectivity index (χ4n) is 3.28. The molecule has 4 nitrogen and oxygen atoms in total. The van der Waals surface area contributed by atoms with Crippen LogP contribution in [0.3, 0.4) is 0 Å². The third-order valence-electron chi connectivity index (χ3n) is 4.56. The zero-order chi connectivity index (χ0) is 15.5.